The van der Waals surface area contributed by atoms with Gasteiger partial charge in [0.15, 0.2) is 0 Å². The summed E-state index contributed by atoms with van der Waals surface area (Å²) in [6, 6.07) is 9.32. The maximum Gasteiger partial charge on any atom is 0.320 e. The fraction of sp³-hybridized carbons (Fsp3) is 0.478. The molecule has 0 spiro atoms. The summed E-state index contributed by atoms with van der Waals surface area (Å²) in [6.45, 7) is 5.48. The normalized spacial score (nSPS) is 14.5. The standard InChI is InChI=1S/C23H31N3O3/c1-3-14-26(23(28)25(2)19-8-5-4-6-9-19)15-7-16-29-20-11-12-21-18(17-20)10-13-22(27)24-21/h3,10-13,17,19H,1,4-9,14-16H2,2H3,(H,24,27). The van der Waals surface area contributed by atoms with Crippen LogP contribution < -0.4 is 10.3 Å². The van der Waals surface area contributed by atoms with Crippen molar-refractivity contribution >= 4 is 16.9 Å². The van der Waals surface area contributed by atoms with Gasteiger partial charge < -0.3 is 19.5 Å². The molecule has 156 valence electrons. The molecule has 0 aliphatic heterocycles. The Morgan fingerprint density at radius 3 is 2.79 bits per heavy atom. The van der Waals surface area contributed by atoms with Crippen molar-refractivity contribution in [2.45, 2.75) is 44.6 Å². The first-order valence-electron chi connectivity index (χ1n) is 10.5. The van der Waals surface area contributed by atoms with E-state index in [2.05, 4.69) is 11.6 Å². The number of nitrogens with one attached hydrogen (secondary N) is 1. The molecule has 1 heterocycles. The van der Waals surface area contributed by atoms with Crippen LogP contribution in [0.4, 0.5) is 4.79 Å². The second kappa shape index (κ2) is 10.1. The van der Waals surface area contributed by atoms with Gasteiger partial charge in [0.2, 0.25) is 5.56 Å². The van der Waals surface area contributed by atoms with Gasteiger partial charge in [-0.2, -0.15) is 0 Å². The lowest BCUT2D eigenvalue weighted by molar-refractivity contribution is 0.136. The van der Waals surface area contributed by atoms with Crippen LogP contribution in [0, 0.1) is 0 Å². The van der Waals surface area contributed by atoms with E-state index in [1.165, 1.54) is 25.3 Å². The molecule has 0 atom stereocenters. The van der Waals surface area contributed by atoms with Gasteiger partial charge in [-0.25, -0.2) is 4.79 Å². The van der Waals surface area contributed by atoms with Crippen LogP contribution in [0.2, 0.25) is 0 Å². The van der Waals surface area contributed by atoms with Crippen molar-refractivity contribution in [1.82, 2.24) is 14.8 Å². The van der Waals surface area contributed by atoms with Gasteiger partial charge in [0.05, 0.1) is 6.61 Å². The molecule has 1 aliphatic carbocycles. The van der Waals surface area contributed by atoms with Crippen LogP contribution in [-0.2, 0) is 0 Å². The largest absolute Gasteiger partial charge is 0.494 e. The number of benzene rings is 1. The van der Waals surface area contributed by atoms with Crippen molar-refractivity contribution in [2.24, 2.45) is 0 Å². The molecule has 6 heteroatoms. The van der Waals surface area contributed by atoms with Gasteiger partial charge in [-0.05, 0) is 43.5 Å². The highest BCUT2D eigenvalue weighted by Crippen LogP contribution is 2.22. The first-order valence-corrected chi connectivity index (χ1v) is 10.5. The third kappa shape index (κ3) is 5.62. The molecule has 1 saturated carbocycles. The van der Waals surface area contributed by atoms with E-state index in [1.807, 2.05) is 35.0 Å². The Hall–Kier alpha value is -2.76. The number of nitrogens with zero attached hydrogens (tertiary/aromatic N) is 2. The smallest absolute Gasteiger partial charge is 0.320 e. The molecule has 1 N–H and O–H groups in total. The van der Waals surface area contributed by atoms with Gasteiger partial charge in [-0.3, -0.25) is 4.79 Å². The Labute approximate surface area is 172 Å². The summed E-state index contributed by atoms with van der Waals surface area (Å²) in [5, 5.41) is 0.930. The number of aromatic nitrogens is 1. The van der Waals surface area contributed by atoms with Crippen molar-refractivity contribution in [2.75, 3.05) is 26.7 Å². The number of hydrogen-bond donors (Lipinski definition) is 1. The second-order valence-corrected chi connectivity index (χ2v) is 7.69. The maximum atomic E-state index is 12.9. The number of ether oxygens (including phenoxy) is 1. The minimum Gasteiger partial charge on any atom is -0.494 e. The number of aromatic amines is 1. The SMILES string of the molecule is C=CCN(CCCOc1ccc2[nH]c(=O)ccc2c1)C(=O)N(C)C1CCCCC1. The van der Waals surface area contributed by atoms with Crippen LogP contribution in [0.15, 0.2) is 47.8 Å². The van der Waals surface area contributed by atoms with Crippen LogP contribution in [0.1, 0.15) is 38.5 Å². The molecular weight excluding hydrogens is 366 g/mol. The molecule has 0 unspecified atom stereocenters. The van der Waals surface area contributed by atoms with E-state index in [-0.39, 0.29) is 11.6 Å². The zero-order valence-electron chi connectivity index (χ0n) is 17.2. The summed E-state index contributed by atoms with van der Waals surface area (Å²) in [5.74, 6) is 0.755. The molecule has 29 heavy (non-hydrogen) atoms. The Morgan fingerprint density at radius 1 is 1.24 bits per heavy atom. The van der Waals surface area contributed by atoms with Crippen LogP contribution in [0.3, 0.4) is 0 Å². The van der Waals surface area contributed by atoms with Gasteiger partial charge in [-0.15, -0.1) is 6.58 Å². The van der Waals surface area contributed by atoms with Crippen LogP contribution in [0.5, 0.6) is 5.75 Å². The van der Waals surface area contributed by atoms with Crippen molar-refractivity contribution in [1.29, 1.82) is 0 Å². The minimum atomic E-state index is -0.114. The zero-order valence-corrected chi connectivity index (χ0v) is 17.2. The van der Waals surface area contributed by atoms with E-state index < -0.39 is 0 Å². The lowest BCUT2D eigenvalue weighted by Crippen LogP contribution is -2.47. The molecule has 0 bridgehead atoms. The number of carbonyl (C=O) groups is 1. The number of rotatable bonds is 8. The fourth-order valence-electron chi connectivity index (χ4n) is 3.94. The first-order chi connectivity index (χ1) is 14.1. The third-order valence-electron chi connectivity index (χ3n) is 5.58. The molecule has 1 aromatic heterocycles. The first kappa shape index (κ1) is 21.0. The summed E-state index contributed by atoms with van der Waals surface area (Å²) >= 11 is 0. The van der Waals surface area contributed by atoms with Gasteiger partial charge >= 0.3 is 6.03 Å². The average Bonchev–Trinajstić information content (AvgIpc) is 2.75. The van der Waals surface area contributed by atoms with Crippen molar-refractivity contribution in [3.8, 4) is 5.75 Å². The third-order valence-corrected chi connectivity index (χ3v) is 5.58. The Kier molecular flexibility index (Phi) is 7.33. The van der Waals surface area contributed by atoms with Crippen LogP contribution in [0.25, 0.3) is 10.9 Å². The molecule has 3 rings (SSSR count). The average molecular weight is 398 g/mol. The van der Waals surface area contributed by atoms with Crippen molar-refractivity contribution < 1.29 is 9.53 Å². The monoisotopic (exact) mass is 397 g/mol. The van der Waals surface area contributed by atoms with E-state index >= 15 is 0 Å². The molecule has 0 radical (unpaired) electrons. The molecule has 0 saturated heterocycles. The van der Waals surface area contributed by atoms with Crippen molar-refractivity contribution in [3.05, 3.63) is 53.3 Å². The van der Waals surface area contributed by atoms with Crippen molar-refractivity contribution in [3.63, 3.8) is 0 Å². The molecule has 6 nitrogen and oxygen atoms in total. The number of urea groups is 1. The fourth-order valence-corrected chi connectivity index (χ4v) is 3.94. The number of pyridine rings is 1. The topological polar surface area (TPSA) is 65.6 Å². The van der Waals surface area contributed by atoms with E-state index in [4.69, 9.17) is 4.74 Å². The highest BCUT2D eigenvalue weighted by molar-refractivity contribution is 5.79. The molecule has 2 aromatic rings. The maximum absolute atomic E-state index is 12.9. The summed E-state index contributed by atoms with van der Waals surface area (Å²) in [6.07, 6.45) is 8.39. The summed E-state index contributed by atoms with van der Waals surface area (Å²) in [7, 11) is 1.92. The minimum absolute atomic E-state index is 0.0754. The Balaban J connectivity index is 1.51. The summed E-state index contributed by atoms with van der Waals surface area (Å²) < 4.78 is 5.86. The second-order valence-electron chi connectivity index (χ2n) is 7.69. The van der Waals surface area contributed by atoms with Gasteiger partial charge in [-0.1, -0.05) is 25.3 Å². The van der Waals surface area contributed by atoms with Crippen LogP contribution >= 0.6 is 0 Å². The number of H-pyrrole nitrogens is 1. The highest BCUT2D eigenvalue weighted by atomic mass is 16.5. The predicted octanol–water partition coefficient (Wildman–Crippen LogP) is 4.17. The Morgan fingerprint density at radius 2 is 2.03 bits per heavy atom. The quantitative estimate of drug-likeness (QED) is 0.537. The van der Waals surface area contributed by atoms with E-state index in [1.54, 1.807) is 12.1 Å². The number of fused-ring (bicyclic) bond motifs is 1. The number of carbonyl (C=O) groups excluding carboxylic acids is 1. The number of hydrogen-bond acceptors (Lipinski definition) is 3. The van der Waals surface area contributed by atoms with E-state index in [9.17, 15) is 9.59 Å². The summed E-state index contributed by atoms with van der Waals surface area (Å²) in [5.41, 5.74) is 0.676. The lowest BCUT2D eigenvalue weighted by atomic mass is 9.95. The molecule has 1 aliphatic rings. The summed E-state index contributed by atoms with van der Waals surface area (Å²) in [4.78, 5) is 30.8. The van der Waals surface area contributed by atoms with Gasteiger partial charge in [0.25, 0.3) is 0 Å². The molecule has 1 fully saturated rings. The molecule has 2 amide bonds. The highest BCUT2D eigenvalue weighted by Gasteiger charge is 2.25. The van der Waals surface area contributed by atoms with Crippen LogP contribution in [-0.4, -0.2) is 53.6 Å². The molecule has 1 aromatic carbocycles. The van der Waals surface area contributed by atoms with Gasteiger partial charge in [0, 0.05) is 43.1 Å². The Bertz CT molecular complexity index is 886. The van der Waals surface area contributed by atoms with E-state index in [0.29, 0.717) is 25.7 Å². The zero-order chi connectivity index (χ0) is 20.6. The lowest BCUT2D eigenvalue weighted by Gasteiger charge is -2.35. The number of amides is 2. The van der Waals surface area contributed by atoms with Gasteiger partial charge in [0.1, 0.15) is 5.75 Å². The molecular formula is C23H31N3O3. The van der Waals surface area contributed by atoms with E-state index in [0.717, 1.165) is 35.9 Å². The predicted molar refractivity (Wildman–Crippen MR) is 116 cm³/mol.